The summed E-state index contributed by atoms with van der Waals surface area (Å²) in [5.41, 5.74) is 2.89. The van der Waals surface area contributed by atoms with E-state index in [1.54, 1.807) is 21.6 Å². The van der Waals surface area contributed by atoms with Gasteiger partial charge in [-0.2, -0.15) is 26.8 Å². The zero-order valence-electron chi connectivity index (χ0n) is 23.7. The Hall–Kier alpha value is -2.84. The predicted molar refractivity (Wildman–Crippen MR) is 186 cm³/mol. The number of hydrogen-bond acceptors (Lipinski definition) is 14. The molecule has 2 amide bonds. The van der Waals surface area contributed by atoms with Crippen LogP contribution in [0.25, 0.3) is 12.2 Å². The Labute approximate surface area is 285 Å². The molecule has 0 aromatic heterocycles. The van der Waals surface area contributed by atoms with Crippen LogP contribution in [0.4, 0.5) is 11.4 Å². The molecule has 46 heavy (non-hydrogen) atoms. The fraction of sp³-hybridized carbons (Fsp3) is 0.308. The van der Waals surface area contributed by atoms with Crippen molar-refractivity contribution < 1.29 is 26.4 Å². The minimum absolute atomic E-state index is 0.0673. The molecule has 2 fully saturated rings. The summed E-state index contributed by atoms with van der Waals surface area (Å²) >= 11 is 12.6. The van der Waals surface area contributed by atoms with Crippen molar-refractivity contribution >= 4 is 114 Å². The number of hydrogen-bond donors (Lipinski definition) is 6. The summed E-state index contributed by atoms with van der Waals surface area (Å²) in [5, 5.41) is 20.5. The minimum atomic E-state index is -4.17. The van der Waals surface area contributed by atoms with Gasteiger partial charge >= 0.3 is 0 Å². The van der Waals surface area contributed by atoms with E-state index in [-0.39, 0.29) is 10.5 Å². The van der Waals surface area contributed by atoms with Gasteiger partial charge in [-0.05, 0) is 72.7 Å². The van der Waals surface area contributed by atoms with E-state index in [1.807, 2.05) is 36.4 Å². The molecule has 4 rings (SSSR count). The van der Waals surface area contributed by atoms with E-state index in [4.69, 9.17) is 34.7 Å². The van der Waals surface area contributed by atoms with Crippen molar-refractivity contribution in [3.8, 4) is 0 Å². The predicted octanol–water partition coefficient (Wildman–Crippen LogP) is 1.61. The Morgan fingerprint density at radius 3 is 1.52 bits per heavy atom. The van der Waals surface area contributed by atoms with Crippen LogP contribution in [0.15, 0.2) is 56.2 Å². The second-order valence-electron chi connectivity index (χ2n) is 10.1. The van der Waals surface area contributed by atoms with Crippen LogP contribution in [0.5, 0.6) is 0 Å². The fourth-order valence-corrected chi connectivity index (χ4v) is 8.35. The molecule has 14 nitrogen and oxygen atoms in total. The molecule has 8 N–H and O–H groups in total. The second kappa shape index (κ2) is 15.8. The lowest BCUT2D eigenvalue weighted by molar-refractivity contribution is -0.121. The molecule has 2 saturated heterocycles. The molecular weight excluding hydrogens is 713 g/mol. The van der Waals surface area contributed by atoms with Crippen LogP contribution < -0.4 is 30.4 Å². The Bertz CT molecular complexity index is 1730. The Balaban J connectivity index is 1.55. The molecule has 244 valence electrons. The highest BCUT2D eigenvalue weighted by atomic mass is 32.2. The number of amides is 2. The number of carbonyl (C=O) groups excluding carboxylic acids is 2. The van der Waals surface area contributed by atoms with Gasteiger partial charge in [-0.25, -0.2) is 19.7 Å². The van der Waals surface area contributed by atoms with Crippen molar-refractivity contribution in [2.24, 2.45) is 20.3 Å². The van der Waals surface area contributed by atoms with E-state index >= 15 is 0 Å². The molecule has 0 radical (unpaired) electrons. The normalized spacial score (nSPS) is 21.3. The zero-order chi connectivity index (χ0) is 33.5. The molecule has 0 bridgehead atoms. The van der Waals surface area contributed by atoms with Gasteiger partial charge < -0.3 is 10.6 Å². The topological polar surface area (TPSA) is 227 Å². The minimum Gasteiger partial charge on any atom is -0.305 e. The molecule has 20 heteroatoms. The number of nitrogens with one attached hydrogen (secondary N) is 4. The number of thiocarbonyl (C=S) groups is 2. The Kier molecular flexibility index (Phi) is 12.4. The molecule has 0 saturated carbocycles. The summed E-state index contributed by atoms with van der Waals surface area (Å²) in [4.78, 5) is 34.5. The zero-order valence-corrected chi connectivity index (χ0v) is 28.6. The summed E-state index contributed by atoms with van der Waals surface area (Å²) in [5.74, 6) is -1.44. The molecule has 2 aliphatic heterocycles. The number of carbonyl (C=O) groups is 2. The van der Waals surface area contributed by atoms with Gasteiger partial charge in [-0.1, -0.05) is 24.3 Å². The van der Waals surface area contributed by atoms with Crippen LogP contribution in [-0.4, -0.2) is 74.6 Å². The standard InChI is InChI=1S/C26H28N8O6S6/c27-45(37,38)33-25(35)21-9-19(11-29-21)43-23-7-17(31-13-41)5-3-15(23)1-2-16-4-6-18(32-14-42)8-24(16)44-20-10-22(30-12-20)26(36)34-46(28,39)40/h1-8,19-22,29-30H,9-12H2,(H,33,35)(H,34,36)(H2,27,37,38)(H2,28,39,40)/b2-1+/t19-,20+,21+,22?/m0/s1. The number of nitrogens with two attached hydrogens (primary N) is 2. The van der Waals surface area contributed by atoms with Crippen molar-refractivity contribution in [3.63, 3.8) is 0 Å². The summed E-state index contributed by atoms with van der Waals surface area (Å²) < 4.78 is 48.7. The van der Waals surface area contributed by atoms with Crippen molar-refractivity contribution in [3.05, 3.63) is 47.5 Å². The highest BCUT2D eigenvalue weighted by Gasteiger charge is 2.33. The van der Waals surface area contributed by atoms with E-state index in [9.17, 15) is 26.4 Å². The van der Waals surface area contributed by atoms with E-state index in [2.05, 4.69) is 30.9 Å². The molecule has 1 unspecified atom stereocenters. The lowest BCUT2D eigenvalue weighted by Crippen LogP contribution is -2.45. The average Bonchev–Trinajstić information content (AvgIpc) is 3.62. The van der Waals surface area contributed by atoms with Crippen molar-refractivity contribution in [1.82, 2.24) is 20.1 Å². The third kappa shape index (κ3) is 10.9. The molecule has 2 aromatic rings. The van der Waals surface area contributed by atoms with Gasteiger partial charge in [0.1, 0.15) is 0 Å². The van der Waals surface area contributed by atoms with Crippen LogP contribution in [0.2, 0.25) is 0 Å². The number of aliphatic imine (C=N–C) groups is 2. The van der Waals surface area contributed by atoms with Crippen LogP contribution in [0.3, 0.4) is 0 Å². The molecule has 4 atom stereocenters. The van der Waals surface area contributed by atoms with E-state index in [1.165, 1.54) is 23.5 Å². The average molecular weight is 741 g/mol. The smallest absolute Gasteiger partial charge is 0.298 e. The third-order valence-electron chi connectivity index (χ3n) is 6.67. The molecular formula is C26H28N8O6S6. The number of thioether (sulfide) groups is 2. The quantitative estimate of drug-likeness (QED) is 0.104. The van der Waals surface area contributed by atoms with Gasteiger partial charge in [0.2, 0.25) is 0 Å². The summed E-state index contributed by atoms with van der Waals surface area (Å²) in [7, 11) is -8.34. The van der Waals surface area contributed by atoms with Gasteiger partial charge in [-0.3, -0.25) is 9.59 Å². The Morgan fingerprint density at radius 2 is 1.17 bits per heavy atom. The van der Waals surface area contributed by atoms with Gasteiger partial charge in [-0.15, -0.1) is 23.5 Å². The first-order chi connectivity index (χ1) is 21.7. The van der Waals surface area contributed by atoms with Crippen molar-refractivity contribution in [2.75, 3.05) is 13.1 Å². The first-order valence-electron chi connectivity index (χ1n) is 13.3. The summed E-state index contributed by atoms with van der Waals surface area (Å²) in [6.07, 6.45) is 4.59. The maximum atomic E-state index is 12.3. The molecule has 2 aliphatic rings. The summed E-state index contributed by atoms with van der Waals surface area (Å²) in [6, 6.07) is 9.61. The maximum Gasteiger partial charge on any atom is 0.298 e. The van der Waals surface area contributed by atoms with Crippen LogP contribution >= 0.6 is 48.0 Å². The number of benzene rings is 2. The van der Waals surface area contributed by atoms with Gasteiger partial charge in [0.15, 0.2) is 0 Å². The first-order valence-corrected chi connectivity index (χ1v) is 19.0. The Morgan fingerprint density at radius 1 is 0.783 bits per heavy atom. The van der Waals surface area contributed by atoms with Crippen LogP contribution in [-0.2, 0) is 30.0 Å². The molecule has 0 spiro atoms. The van der Waals surface area contributed by atoms with Crippen LogP contribution in [0, 0.1) is 0 Å². The van der Waals surface area contributed by atoms with Gasteiger partial charge in [0, 0.05) is 33.4 Å². The van der Waals surface area contributed by atoms with Crippen LogP contribution in [0.1, 0.15) is 24.0 Å². The van der Waals surface area contributed by atoms with E-state index in [0.29, 0.717) is 37.3 Å². The number of rotatable bonds is 12. The van der Waals surface area contributed by atoms with E-state index < -0.39 is 44.3 Å². The highest BCUT2D eigenvalue weighted by molar-refractivity contribution is 8.00. The van der Waals surface area contributed by atoms with Crippen molar-refractivity contribution in [2.45, 2.75) is 45.2 Å². The monoisotopic (exact) mass is 740 g/mol. The second-order valence-corrected chi connectivity index (χ2v) is 15.7. The van der Waals surface area contributed by atoms with Crippen molar-refractivity contribution in [1.29, 1.82) is 0 Å². The largest absolute Gasteiger partial charge is 0.305 e. The first kappa shape index (κ1) is 36.0. The number of isothiocyanates is 2. The summed E-state index contributed by atoms with van der Waals surface area (Å²) in [6.45, 7) is 0.900. The number of nitrogens with zero attached hydrogens (tertiary/aromatic N) is 2. The SMILES string of the molecule is NS(=O)(=O)NC(=O)C1C[C@@H](Sc2cc(N=C=S)ccc2/C=C/c2ccc(N=C=S)cc2S[C@@H]2CN[C@@H](C(=O)NS(N)(=O)=O)C2)CN1. The lowest BCUT2D eigenvalue weighted by atomic mass is 10.1. The fourth-order valence-electron chi connectivity index (χ4n) is 4.72. The van der Waals surface area contributed by atoms with Gasteiger partial charge in [0.05, 0.1) is 33.8 Å². The highest BCUT2D eigenvalue weighted by Crippen LogP contribution is 2.37. The third-order valence-corrected chi connectivity index (χ3v) is 10.4. The lowest BCUT2D eigenvalue weighted by Gasteiger charge is -2.14. The van der Waals surface area contributed by atoms with Gasteiger partial charge in [0.25, 0.3) is 32.2 Å². The molecule has 0 aliphatic carbocycles. The molecule has 2 heterocycles. The maximum absolute atomic E-state index is 12.3. The molecule has 2 aromatic carbocycles. The van der Waals surface area contributed by atoms with E-state index in [0.717, 1.165) is 20.9 Å².